The first kappa shape index (κ1) is 31.3. The number of likely N-dealkylation sites (N-methyl/N-ethyl adjacent to an activating group) is 1. The summed E-state index contributed by atoms with van der Waals surface area (Å²) in [5.74, 6) is -1.72. The van der Waals surface area contributed by atoms with Crippen molar-refractivity contribution in [1.29, 1.82) is 0 Å². The Balaban J connectivity index is 1.19. The predicted octanol–water partition coefficient (Wildman–Crippen LogP) is 3.19. The number of rotatable bonds is 10. The molecule has 4 aromatic rings. The minimum absolute atomic E-state index is 0.102. The highest BCUT2D eigenvalue weighted by Gasteiger charge is 2.48. The van der Waals surface area contributed by atoms with Crippen LogP contribution in [0.25, 0.3) is 10.9 Å². The molecular formula is C34H38ClN7O4. The maximum atomic E-state index is 14.0. The van der Waals surface area contributed by atoms with Gasteiger partial charge in [-0.15, -0.1) is 0 Å². The summed E-state index contributed by atoms with van der Waals surface area (Å²) in [5.41, 5.74) is 3.17. The van der Waals surface area contributed by atoms with E-state index in [1.807, 2.05) is 48.7 Å². The van der Waals surface area contributed by atoms with Gasteiger partial charge in [-0.3, -0.25) is 24.3 Å². The Morgan fingerprint density at radius 3 is 2.59 bits per heavy atom. The summed E-state index contributed by atoms with van der Waals surface area (Å²) in [6, 6.07) is 16.4. The van der Waals surface area contributed by atoms with Crippen LogP contribution in [0.4, 0.5) is 0 Å². The number of aromatic nitrogens is 3. The van der Waals surface area contributed by atoms with Crippen molar-refractivity contribution in [3.05, 3.63) is 88.8 Å². The Bertz CT molecular complexity index is 1710. The molecule has 4 atom stereocenters. The summed E-state index contributed by atoms with van der Waals surface area (Å²) < 4.78 is 0. The number of amides is 4. The number of hydrogen-bond donors (Lipinski definition) is 4. The molecule has 0 bridgehead atoms. The lowest BCUT2D eigenvalue weighted by molar-refractivity contribution is -0.140. The van der Waals surface area contributed by atoms with Crippen LogP contribution in [-0.4, -0.2) is 87.9 Å². The highest BCUT2D eigenvalue weighted by atomic mass is 35.5. The average molecular weight is 644 g/mol. The molecule has 11 nitrogen and oxygen atoms in total. The minimum atomic E-state index is -0.716. The fraction of sp³-hybridized carbons (Fsp3) is 0.382. The molecule has 46 heavy (non-hydrogen) atoms. The van der Waals surface area contributed by atoms with Crippen molar-refractivity contribution < 1.29 is 19.2 Å². The third-order valence-corrected chi connectivity index (χ3v) is 9.56. The number of carbonyl (C=O) groups is 4. The van der Waals surface area contributed by atoms with Crippen LogP contribution in [0.5, 0.6) is 0 Å². The van der Waals surface area contributed by atoms with Gasteiger partial charge in [-0.25, -0.2) is 0 Å². The Morgan fingerprint density at radius 1 is 1.02 bits per heavy atom. The third-order valence-electron chi connectivity index (χ3n) is 9.33. The van der Waals surface area contributed by atoms with Crippen LogP contribution in [0.2, 0.25) is 5.02 Å². The monoisotopic (exact) mass is 643 g/mol. The van der Waals surface area contributed by atoms with Gasteiger partial charge >= 0.3 is 0 Å². The van der Waals surface area contributed by atoms with Crippen LogP contribution in [0.3, 0.4) is 0 Å². The summed E-state index contributed by atoms with van der Waals surface area (Å²) in [6.45, 7) is 1.42. The van der Waals surface area contributed by atoms with E-state index in [1.165, 1.54) is 5.56 Å². The fourth-order valence-corrected chi connectivity index (χ4v) is 7.09. The van der Waals surface area contributed by atoms with Crippen LogP contribution in [0.15, 0.2) is 67.0 Å². The number of halogens is 1. The van der Waals surface area contributed by atoms with Crippen LogP contribution in [0.1, 0.15) is 34.5 Å². The zero-order valence-electron chi connectivity index (χ0n) is 25.7. The van der Waals surface area contributed by atoms with E-state index < -0.39 is 12.0 Å². The van der Waals surface area contributed by atoms with Gasteiger partial charge in [0.05, 0.1) is 12.3 Å². The number of nitrogens with zero attached hydrogens (tertiary/aromatic N) is 3. The Labute approximate surface area is 272 Å². The number of H-pyrrole nitrogens is 2. The number of likely N-dealkylation sites (tertiary alicyclic amines) is 2. The second-order valence-corrected chi connectivity index (χ2v) is 12.7. The number of nitrogens with one attached hydrogen (secondary N) is 4. The Hall–Kier alpha value is -4.64. The molecule has 3 unspecified atom stereocenters. The predicted molar refractivity (Wildman–Crippen MR) is 174 cm³/mol. The zero-order chi connectivity index (χ0) is 32.2. The van der Waals surface area contributed by atoms with Crippen molar-refractivity contribution in [2.75, 3.05) is 33.2 Å². The van der Waals surface area contributed by atoms with E-state index in [4.69, 9.17) is 11.6 Å². The highest BCUT2D eigenvalue weighted by molar-refractivity contribution is 6.31. The number of fused-ring (bicyclic) bond motifs is 2. The fourth-order valence-electron chi connectivity index (χ4n) is 6.92. The lowest BCUT2D eigenvalue weighted by atomic mass is 9.79. The lowest BCUT2D eigenvalue weighted by Gasteiger charge is -2.40. The van der Waals surface area contributed by atoms with Gasteiger partial charge in [0.1, 0.15) is 11.7 Å². The molecule has 4 heterocycles. The van der Waals surface area contributed by atoms with Crippen molar-refractivity contribution in [2.24, 2.45) is 17.8 Å². The van der Waals surface area contributed by atoms with Crippen molar-refractivity contribution in [3.8, 4) is 0 Å². The molecule has 2 aromatic heterocycles. The zero-order valence-corrected chi connectivity index (χ0v) is 26.4. The summed E-state index contributed by atoms with van der Waals surface area (Å²) in [6.07, 6.45) is 5.54. The van der Waals surface area contributed by atoms with E-state index in [-0.39, 0.29) is 48.4 Å². The van der Waals surface area contributed by atoms with Gasteiger partial charge in [-0.05, 0) is 60.4 Å². The van der Waals surface area contributed by atoms with E-state index in [9.17, 15) is 19.2 Å². The van der Waals surface area contributed by atoms with Crippen LogP contribution < -0.4 is 10.6 Å². The molecule has 4 N–H and O–H groups in total. The second-order valence-electron chi connectivity index (χ2n) is 12.2. The quantitative estimate of drug-likeness (QED) is 0.210. The molecule has 0 radical (unpaired) electrons. The standard InChI is InChI=1S/C34H38ClN7O4/c1-36-33(45)28(9-5-8-21-6-3-2-4-7-21)39-32(44)27-20-41(31(43)14-22-16-37-30-15-24(35)10-11-25(22)30)17-23-18-42(19-26(23)27)34(46)29-12-13-38-40-29/h2-4,6-7,10-13,15-16,23,26-28,37H,5,8-9,14,17-20H2,1H3,(H,36,45)(H,38,40)(H,39,44)/t23?,26?,27?,28-/m0/s1. The molecule has 4 amide bonds. The second kappa shape index (κ2) is 13.8. The van der Waals surface area contributed by atoms with Crippen molar-refractivity contribution >= 4 is 46.1 Å². The maximum Gasteiger partial charge on any atom is 0.274 e. The van der Waals surface area contributed by atoms with E-state index in [1.54, 1.807) is 35.2 Å². The number of hydrogen-bond acceptors (Lipinski definition) is 5. The first-order valence-corrected chi connectivity index (χ1v) is 16.1. The molecule has 2 saturated heterocycles. The van der Waals surface area contributed by atoms with Gasteiger partial charge < -0.3 is 25.4 Å². The van der Waals surface area contributed by atoms with E-state index in [0.717, 1.165) is 22.9 Å². The number of aryl methyl sites for hydroxylation is 1. The first-order valence-electron chi connectivity index (χ1n) is 15.7. The molecular weight excluding hydrogens is 606 g/mol. The van der Waals surface area contributed by atoms with Gasteiger partial charge in [0.15, 0.2) is 0 Å². The van der Waals surface area contributed by atoms with Crippen LogP contribution in [-0.2, 0) is 27.2 Å². The molecule has 0 aliphatic carbocycles. The molecule has 240 valence electrons. The van der Waals surface area contributed by atoms with Crippen LogP contribution in [0, 0.1) is 17.8 Å². The SMILES string of the molecule is CNC(=O)[C@H](CCCc1ccccc1)NC(=O)C1CN(C(=O)Cc2c[nH]c3cc(Cl)ccc23)CC2CN(C(=O)c3cc[nH]n3)CC21. The van der Waals surface area contributed by atoms with Crippen molar-refractivity contribution in [2.45, 2.75) is 31.7 Å². The average Bonchev–Trinajstić information content (AvgIpc) is 3.84. The smallest absolute Gasteiger partial charge is 0.274 e. The van der Waals surface area contributed by atoms with Gasteiger partial charge in [0, 0.05) is 61.5 Å². The largest absolute Gasteiger partial charge is 0.361 e. The van der Waals surface area contributed by atoms with E-state index >= 15 is 0 Å². The highest BCUT2D eigenvalue weighted by Crippen LogP contribution is 2.36. The van der Waals surface area contributed by atoms with Gasteiger partial charge in [-0.2, -0.15) is 5.10 Å². The summed E-state index contributed by atoms with van der Waals surface area (Å²) in [5, 5.41) is 14.0. The summed E-state index contributed by atoms with van der Waals surface area (Å²) in [4.78, 5) is 60.6. The molecule has 6 rings (SSSR count). The van der Waals surface area contributed by atoms with E-state index in [2.05, 4.69) is 25.8 Å². The Kier molecular flexibility index (Phi) is 9.39. The molecule has 0 spiro atoms. The van der Waals surface area contributed by atoms with E-state index in [0.29, 0.717) is 43.2 Å². The molecule has 2 fully saturated rings. The minimum Gasteiger partial charge on any atom is -0.361 e. The summed E-state index contributed by atoms with van der Waals surface area (Å²) in [7, 11) is 1.56. The van der Waals surface area contributed by atoms with Gasteiger partial charge in [0.2, 0.25) is 17.7 Å². The molecule has 0 saturated carbocycles. The number of piperidine rings is 1. The number of benzene rings is 2. The molecule has 12 heteroatoms. The lowest BCUT2D eigenvalue weighted by Crippen LogP contribution is -2.56. The topological polar surface area (TPSA) is 143 Å². The maximum absolute atomic E-state index is 14.0. The normalized spacial score (nSPS) is 19.9. The van der Waals surface area contributed by atoms with Gasteiger partial charge in [-0.1, -0.05) is 48.0 Å². The van der Waals surface area contributed by atoms with Gasteiger partial charge in [0.25, 0.3) is 5.91 Å². The number of carbonyl (C=O) groups excluding carboxylic acids is 4. The van der Waals surface area contributed by atoms with Crippen molar-refractivity contribution in [3.63, 3.8) is 0 Å². The summed E-state index contributed by atoms with van der Waals surface area (Å²) >= 11 is 6.15. The molecule has 2 aromatic carbocycles. The van der Waals surface area contributed by atoms with Crippen molar-refractivity contribution in [1.82, 2.24) is 35.6 Å². The molecule has 2 aliphatic heterocycles. The number of aromatic amines is 2. The third kappa shape index (κ3) is 6.79. The Morgan fingerprint density at radius 2 is 1.83 bits per heavy atom. The molecule has 2 aliphatic rings. The van der Waals surface area contributed by atoms with Crippen LogP contribution >= 0.6 is 11.6 Å². The first-order chi connectivity index (χ1) is 22.3.